The zero-order chi connectivity index (χ0) is 20.9. The second kappa shape index (κ2) is 9.10. The van der Waals surface area contributed by atoms with Crippen molar-refractivity contribution in [3.63, 3.8) is 0 Å². The van der Waals surface area contributed by atoms with Gasteiger partial charge in [0.15, 0.2) is 0 Å². The van der Waals surface area contributed by atoms with Crippen molar-refractivity contribution in [2.24, 2.45) is 5.92 Å². The van der Waals surface area contributed by atoms with Gasteiger partial charge < -0.3 is 10.6 Å². The Bertz CT molecular complexity index is 967. The van der Waals surface area contributed by atoms with E-state index in [9.17, 15) is 22.4 Å². The SMILES string of the molecule is O=C(CNC(=O)[C@@H]1CCCN(S(=O)(=O)c2ccc(F)cc2)C1)Nc1ccncc1. The lowest BCUT2D eigenvalue weighted by atomic mass is 9.99. The smallest absolute Gasteiger partial charge is 0.243 e. The lowest BCUT2D eigenvalue weighted by Crippen LogP contribution is -2.46. The Balaban J connectivity index is 1.56. The van der Waals surface area contributed by atoms with Crippen LogP contribution in [-0.4, -0.2) is 49.2 Å². The molecule has 0 saturated carbocycles. The molecule has 2 heterocycles. The van der Waals surface area contributed by atoms with Crippen molar-refractivity contribution in [1.82, 2.24) is 14.6 Å². The molecule has 0 aliphatic carbocycles. The monoisotopic (exact) mass is 420 g/mol. The molecule has 0 unspecified atom stereocenters. The van der Waals surface area contributed by atoms with Gasteiger partial charge in [0, 0.05) is 31.2 Å². The highest BCUT2D eigenvalue weighted by Crippen LogP contribution is 2.24. The zero-order valence-corrected chi connectivity index (χ0v) is 16.4. The maximum atomic E-state index is 13.1. The average molecular weight is 420 g/mol. The van der Waals surface area contributed by atoms with Crippen molar-refractivity contribution in [3.05, 3.63) is 54.6 Å². The first-order chi connectivity index (χ1) is 13.9. The van der Waals surface area contributed by atoms with E-state index in [0.717, 1.165) is 12.1 Å². The number of carbonyl (C=O) groups is 2. The van der Waals surface area contributed by atoms with E-state index in [1.807, 2.05) is 0 Å². The molecule has 0 radical (unpaired) electrons. The molecule has 154 valence electrons. The maximum Gasteiger partial charge on any atom is 0.243 e. The maximum absolute atomic E-state index is 13.1. The highest BCUT2D eigenvalue weighted by molar-refractivity contribution is 7.89. The van der Waals surface area contributed by atoms with Crippen LogP contribution in [0.1, 0.15) is 12.8 Å². The van der Waals surface area contributed by atoms with Crippen molar-refractivity contribution >= 4 is 27.5 Å². The second-order valence-electron chi connectivity index (χ2n) is 6.66. The Hall–Kier alpha value is -2.85. The Labute approximate surface area is 168 Å². The number of halogens is 1. The van der Waals surface area contributed by atoms with Crippen LogP contribution in [0.15, 0.2) is 53.7 Å². The molecule has 8 nitrogen and oxygen atoms in total. The molecule has 0 spiro atoms. The number of carbonyl (C=O) groups excluding carboxylic acids is 2. The molecule has 1 aromatic heterocycles. The minimum atomic E-state index is -3.82. The minimum absolute atomic E-state index is 0.0114. The van der Waals surface area contributed by atoms with Crippen LogP contribution in [0.4, 0.5) is 10.1 Å². The topological polar surface area (TPSA) is 108 Å². The summed E-state index contributed by atoms with van der Waals surface area (Å²) in [6, 6.07) is 7.83. The predicted octanol–water partition coefficient (Wildman–Crippen LogP) is 1.38. The molecule has 1 aliphatic heterocycles. The van der Waals surface area contributed by atoms with Crippen LogP contribution in [0.2, 0.25) is 0 Å². The van der Waals surface area contributed by atoms with E-state index in [4.69, 9.17) is 0 Å². The Morgan fingerprint density at radius 1 is 1.14 bits per heavy atom. The van der Waals surface area contributed by atoms with E-state index in [2.05, 4.69) is 15.6 Å². The fourth-order valence-electron chi connectivity index (χ4n) is 3.08. The first-order valence-corrected chi connectivity index (χ1v) is 10.5. The number of amides is 2. The number of rotatable bonds is 6. The number of piperidine rings is 1. The summed E-state index contributed by atoms with van der Waals surface area (Å²) in [6.45, 7) is 0.0753. The van der Waals surface area contributed by atoms with Gasteiger partial charge in [-0.1, -0.05) is 0 Å². The number of sulfonamides is 1. The number of nitrogens with zero attached hydrogens (tertiary/aromatic N) is 2. The molecule has 0 bridgehead atoms. The normalized spacial score (nSPS) is 17.5. The molecule has 2 N–H and O–H groups in total. The standard InChI is InChI=1S/C19H21FN4O4S/c20-15-3-5-17(6-4-15)29(27,28)24-11-1-2-14(13-24)19(26)22-12-18(25)23-16-7-9-21-10-8-16/h3-10,14H,1-2,11-13H2,(H,22,26)(H,21,23,25)/t14-/m1/s1. The summed E-state index contributed by atoms with van der Waals surface area (Å²) in [5.74, 6) is -1.86. The average Bonchev–Trinajstić information content (AvgIpc) is 2.73. The number of hydrogen-bond donors (Lipinski definition) is 2. The summed E-state index contributed by atoms with van der Waals surface area (Å²) in [7, 11) is -3.82. The molecule has 29 heavy (non-hydrogen) atoms. The molecule has 10 heteroatoms. The van der Waals surface area contributed by atoms with Gasteiger partial charge in [-0.25, -0.2) is 12.8 Å². The number of aromatic nitrogens is 1. The van der Waals surface area contributed by atoms with E-state index in [0.29, 0.717) is 18.5 Å². The van der Waals surface area contributed by atoms with E-state index in [-0.39, 0.29) is 30.4 Å². The van der Waals surface area contributed by atoms with E-state index in [1.54, 1.807) is 12.1 Å². The largest absolute Gasteiger partial charge is 0.347 e. The lowest BCUT2D eigenvalue weighted by Gasteiger charge is -2.31. The summed E-state index contributed by atoms with van der Waals surface area (Å²) in [5, 5.41) is 5.18. The summed E-state index contributed by atoms with van der Waals surface area (Å²) in [4.78, 5) is 28.2. The van der Waals surface area contributed by atoms with Crippen LogP contribution in [0.3, 0.4) is 0 Å². The van der Waals surface area contributed by atoms with Gasteiger partial charge in [-0.3, -0.25) is 14.6 Å². The Morgan fingerprint density at radius 2 is 1.83 bits per heavy atom. The molecule has 1 aliphatic rings. The number of nitrogens with one attached hydrogen (secondary N) is 2. The first kappa shape index (κ1) is 20.9. The van der Waals surface area contributed by atoms with Crippen molar-refractivity contribution < 1.29 is 22.4 Å². The quantitative estimate of drug-likeness (QED) is 0.734. The third kappa shape index (κ3) is 5.36. The highest BCUT2D eigenvalue weighted by Gasteiger charge is 2.33. The fraction of sp³-hybridized carbons (Fsp3) is 0.316. The van der Waals surface area contributed by atoms with Crippen molar-refractivity contribution in [2.75, 3.05) is 25.0 Å². The van der Waals surface area contributed by atoms with Crippen LogP contribution in [-0.2, 0) is 19.6 Å². The highest BCUT2D eigenvalue weighted by atomic mass is 32.2. The van der Waals surface area contributed by atoms with Crippen LogP contribution in [0, 0.1) is 11.7 Å². The van der Waals surface area contributed by atoms with Gasteiger partial charge in [-0.05, 0) is 49.2 Å². The van der Waals surface area contributed by atoms with E-state index >= 15 is 0 Å². The fourth-order valence-corrected chi connectivity index (χ4v) is 4.61. The summed E-state index contributed by atoms with van der Waals surface area (Å²) >= 11 is 0. The van der Waals surface area contributed by atoms with Gasteiger partial charge in [-0.2, -0.15) is 4.31 Å². The zero-order valence-electron chi connectivity index (χ0n) is 15.5. The predicted molar refractivity (Wildman–Crippen MR) is 104 cm³/mol. The van der Waals surface area contributed by atoms with Crippen molar-refractivity contribution in [2.45, 2.75) is 17.7 Å². The molecule has 2 amide bonds. The number of benzene rings is 1. The van der Waals surface area contributed by atoms with Gasteiger partial charge in [0.1, 0.15) is 5.82 Å². The van der Waals surface area contributed by atoms with Crippen LogP contribution >= 0.6 is 0 Å². The molecule has 3 rings (SSSR count). The molecule has 2 aromatic rings. The van der Waals surface area contributed by atoms with Crippen LogP contribution in [0.5, 0.6) is 0 Å². The summed E-state index contributed by atoms with van der Waals surface area (Å²) in [6.07, 6.45) is 4.10. The Kier molecular flexibility index (Phi) is 6.55. The van der Waals surface area contributed by atoms with Gasteiger partial charge in [0.05, 0.1) is 17.4 Å². The molecular weight excluding hydrogens is 399 g/mol. The molecule has 1 fully saturated rings. The lowest BCUT2D eigenvalue weighted by molar-refractivity contribution is -0.128. The molecule has 1 saturated heterocycles. The number of hydrogen-bond acceptors (Lipinski definition) is 5. The number of pyridine rings is 1. The number of anilines is 1. The minimum Gasteiger partial charge on any atom is -0.347 e. The van der Waals surface area contributed by atoms with Crippen LogP contribution < -0.4 is 10.6 Å². The molecular formula is C19H21FN4O4S. The van der Waals surface area contributed by atoms with E-state index < -0.39 is 27.7 Å². The Morgan fingerprint density at radius 3 is 2.52 bits per heavy atom. The molecule has 1 aromatic carbocycles. The van der Waals surface area contributed by atoms with Crippen molar-refractivity contribution in [3.8, 4) is 0 Å². The van der Waals surface area contributed by atoms with Gasteiger partial charge in [-0.15, -0.1) is 0 Å². The van der Waals surface area contributed by atoms with Gasteiger partial charge in [0.2, 0.25) is 21.8 Å². The van der Waals surface area contributed by atoms with E-state index in [1.165, 1.54) is 28.8 Å². The van der Waals surface area contributed by atoms with Gasteiger partial charge >= 0.3 is 0 Å². The summed E-state index contributed by atoms with van der Waals surface area (Å²) < 4.78 is 39.8. The first-order valence-electron chi connectivity index (χ1n) is 9.09. The third-order valence-corrected chi connectivity index (χ3v) is 6.47. The molecule has 1 atom stereocenters. The van der Waals surface area contributed by atoms with Crippen LogP contribution in [0.25, 0.3) is 0 Å². The van der Waals surface area contributed by atoms with Crippen molar-refractivity contribution in [1.29, 1.82) is 0 Å². The third-order valence-electron chi connectivity index (χ3n) is 4.59. The second-order valence-corrected chi connectivity index (χ2v) is 8.60. The summed E-state index contributed by atoms with van der Waals surface area (Å²) in [5.41, 5.74) is 0.563. The van der Waals surface area contributed by atoms with Gasteiger partial charge in [0.25, 0.3) is 0 Å².